The molecule has 1 N–H and O–H groups in total. The monoisotopic (exact) mass is 220 g/mol. The average Bonchev–Trinajstić information content (AvgIpc) is 2.24. The summed E-state index contributed by atoms with van der Waals surface area (Å²) in [5.41, 5.74) is 5.33. The Bertz CT molecular complexity index is 379. The van der Waals surface area contributed by atoms with Crippen molar-refractivity contribution in [2.24, 2.45) is 0 Å². The van der Waals surface area contributed by atoms with Crippen molar-refractivity contribution in [3.63, 3.8) is 0 Å². The van der Waals surface area contributed by atoms with E-state index in [4.69, 9.17) is 5.11 Å². The number of carbonyl (C=O) groups excluding carboxylic acids is 1. The Hall–Kier alpha value is -1.15. The topological polar surface area (TPSA) is 37.3 Å². The van der Waals surface area contributed by atoms with E-state index in [9.17, 15) is 4.79 Å². The maximum Gasteiger partial charge on any atom is 0.163 e. The lowest BCUT2D eigenvalue weighted by Crippen LogP contribution is -2.08. The highest BCUT2D eigenvalue weighted by Crippen LogP contribution is 2.23. The number of benzene rings is 1. The lowest BCUT2D eigenvalue weighted by Gasteiger charge is -2.14. The zero-order chi connectivity index (χ0) is 12.3. The van der Waals surface area contributed by atoms with Crippen molar-refractivity contribution < 1.29 is 9.90 Å². The molecule has 2 nitrogen and oxygen atoms in total. The molecule has 0 aromatic heterocycles. The van der Waals surface area contributed by atoms with Crippen LogP contribution in [-0.2, 0) is 0 Å². The Balaban J connectivity index is 3.16. The number of hydrogen-bond acceptors (Lipinski definition) is 2. The van der Waals surface area contributed by atoms with Gasteiger partial charge >= 0.3 is 0 Å². The van der Waals surface area contributed by atoms with Gasteiger partial charge in [0.1, 0.15) is 0 Å². The molecule has 0 atom stereocenters. The van der Waals surface area contributed by atoms with E-state index in [0.29, 0.717) is 12.8 Å². The van der Waals surface area contributed by atoms with Gasteiger partial charge in [0, 0.05) is 18.6 Å². The Kier molecular flexibility index (Phi) is 4.25. The Morgan fingerprint density at radius 2 is 1.62 bits per heavy atom. The van der Waals surface area contributed by atoms with Gasteiger partial charge in [-0.15, -0.1) is 0 Å². The smallest absolute Gasteiger partial charge is 0.163 e. The second-order valence-corrected chi connectivity index (χ2v) is 4.39. The summed E-state index contributed by atoms with van der Waals surface area (Å²) < 4.78 is 0. The van der Waals surface area contributed by atoms with Crippen LogP contribution in [0.15, 0.2) is 6.07 Å². The molecular weight excluding hydrogens is 200 g/mol. The largest absolute Gasteiger partial charge is 0.396 e. The predicted molar refractivity (Wildman–Crippen MR) is 66.0 cm³/mol. The van der Waals surface area contributed by atoms with Gasteiger partial charge in [-0.1, -0.05) is 6.07 Å². The van der Waals surface area contributed by atoms with Crippen LogP contribution in [-0.4, -0.2) is 17.5 Å². The number of Topliss-reactive ketones (excluding diaryl/α,β-unsaturated/α-hetero) is 1. The molecule has 16 heavy (non-hydrogen) atoms. The lowest BCUT2D eigenvalue weighted by molar-refractivity contribution is 0.0970. The number of aryl methyl sites for hydroxylation is 2. The fourth-order valence-electron chi connectivity index (χ4n) is 2.00. The van der Waals surface area contributed by atoms with E-state index in [1.54, 1.807) is 0 Å². The second kappa shape index (κ2) is 5.26. The number of hydrogen-bond donors (Lipinski definition) is 1. The molecule has 2 heteroatoms. The number of aliphatic hydroxyl groups is 1. The van der Waals surface area contributed by atoms with Crippen LogP contribution in [0.4, 0.5) is 0 Å². The Labute approximate surface area is 97.3 Å². The van der Waals surface area contributed by atoms with E-state index in [1.165, 1.54) is 0 Å². The minimum absolute atomic E-state index is 0.0780. The minimum Gasteiger partial charge on any atom is -0.396 e. The first-order valence-electron chi connectivity index (χ1n) is 5.70. The lowest BCUT2D eigenvalue weighted by atomic mass is 9.90. The van der Waals surface area contributed by atoms with E-state index in [1.807, 2.05) is 27.7 Å². The van der Waals surface area contributed by atoms with Crippen molar-refractivity contribution in [1.82, 2.24) is 0 Å². The molecule has 88 valence electrons. The van der Waals surface area contributed by atoms with Crippen molar-refractivity contribution in [3.05, 3.63) is 33.9 Å². The van der Waals surface area contributed by atoms with E-state index >= 15 is 0 Å². The molecular formula is C14H20O2. The third kappa shape index (κ3) is 2.50. The summed E-state index contributed by atoms with van der Waals surface area (Å²) in [6.07, 6.45) is 0.978. The molecule has 0 spiro atoms. The number of aliphatic hydroxyl groups excluding tert-OH is 1. The summed E-state index contributed by atoms with van der Waals surface area (Å²) >= 11 is 0. The van der Waals surface area contributed by atoms with E-state index in [-0.39, 0.29) is 12.4 Å². The maximum atomic E-state index is 12.0. The first-order valence-corrected chi connectivity index (χ1v) is 5.70. The Morgan fingerprint density at radius 3 is 2.06 bits per heavy atom. The second-order valence-electron chi connectivity index (χ2n) is 4.39. The highest BCUT2D eigenvalue weighted by atomic mass is 16.3. The SMILES string of the molecule is Cc1cc(C)c(C)c(C(=O)CCCO)c1C. The molecule has 1 aromatic carbocycles. The van der Waals surface area contributed by atoms with Crippen molar-refractivity contribution in [2.45, 2.75) is 40.5 Å². The van der Waals surface area contributed by atoms with E-state index < -0.39 is 0 Å². The summed E-state index contributed by atoms with van der Waals surface area (Å²) in [6, 6.07) is 2.12. The third-order valence-corrected chi connectivity index (χ3v) is 3.21. The van der Waals surface area contributed by atoms with Crippen LogP contribution in [0.1, 0.15) is 45.5 Å². The molecule has 0 fully saturated rings. The standard InChI is InChI=1S/C14H20O2/c1-9-8-10(2)12(4)14(11(9)3)13(16)6-5-7-15/h8,15H,5-7H2,1-4H3. The predicted octanol–water partition coefficient (Wildman–Crippen LogP) is 2.88. The third-order valence-electron chi connectivity index (χ3n) is 3.21. The van der Waals surface area contributed by atoms with Gasteiger partial charge in [0.05, 0.1) is 0 Å². The molecule has 1 rings (SSSR count). The summed E-state index contributed by atoms with van der Waals surface area (Å²) in [5.74, 6) is 0.149. The average molecular weight is 220 g/mol. The van der Waals surface area contributed by atoms with Crippen molar-refractivity contribution in [3.8, 4) is 0 Å². The van der Waals surface area contributed by atoms with Crippen LogP contribution in [0.5, 0.6) is 0 Å². The molecule has 0 amide bonds. The highest BCUT2D eigenvalue weighted by Gasteiger charge is 2.14. The van der Waals surface area contributed by atoms with E-state index in [2.05, 4.69) is 6.07 Å². The van der Waals surface area contributed by atoms with Crippen molar-refractivity contribution >= 4 is 5.78 Å². The van der Waals surface area contributed by atoms with Crippen LogP contribution < -0.4 is 0 Å². The minimum atomic E-state index is 0.0780. The van der Waals surface area contributed by atoms with Gasteiger partial charge in [0.2, 0.25) is 0 Å². The van der Waals surface area contributed by atoms with Crippen LogP contribution >= 0.6 is 0 Å². The molecule has 0 heterocycles. The van der Waals surface area contributed by atoms with Crippen LogP contribution in [0.2, 0.25) is 0 Å². The Morgan fingerprint density at radius 1 is 1.12 bits per heavy atom. The number of rotatable bonds is 4. The van der Waals surface area contributed by atoms with Gasteiger partial charge in [-0.25, -0.2) is 0 Å². The van der Waals surface area contributed by atoms with Gasteiger partial charge in [0.25, 0.3) is 0 Å². The molecule has 0 aliphatic rings. The summed E-state index contributed by atoms with van der Waals surface area (Å²) in [7, 11) is 0. The maximum absolute atomic E-state index is 12.0. The molecule has 0 aliphatic heterocycles. The van der Waals surface area contributed by atoms with Crippen LogP contribution in [0, 0.1) is 27.7 Å². The number of carbonyl (C=O) groups is 1. The van der Waals surface area contributed by atoms with Gasteiger partial charge in [-0.3, -0.25) is 4.79 Å². The molecule has 0 radical (unpaired) electrons. The van der Waals surface area contributed by atoms with Crippen LogP contribution in [0.3, 0.4) is 0 Å². The molecule has 0 saturated heterocycles. The molecule has 0 unspecified atom stereocenters. The van der Waals surface area contributed by atoms with Gasteiger partial charge < -0.3 is 5.11 Å². The highest BCUT2D eigenvalue weighted by molar-refractivity contribution is 5.99. The normalized spacial score (nSPS) is 10.6. The molecule has 0 aliphatic carbocycles. The summed E-state index contributed by atoms with van der Waals surface area (Å²) in [4.78, 5) is 12.0. The number of ketones is 1. The van der Waals surface area contributed by atoms with Gasteiger partial charge in [-0.2, -0.15) is 0 Å². The fraction of sp³-hybridized carbons (Fsp3) is 0.500. The van der Waals surface area contributed by atoms with Crippen molar-refractivity contribution in [2.75, 3.05) is 6.61 Å². The van der Waals surface area contributed by atoms with Gasteiger partial charge in [0.15, 0.2) is 5.78 Å². The van der Waals surface area contributed by atoms with Gasteiger partial charge in [-0.05, 0) is 56.4 Å². The molecule has 0 saturated carbocycles. The zero-order valence-corrected chi connectivity index (χ0v) is 10.6. The summed E-state index contributed by atoms with van der Waals surface area (Å²) in [5, 5.41) is 8.76. The molecule has 0 bridgehead atoms. The first kappa shape index (κ1) is 12.9. The van der Waals surface area contributed by atoms with Crippen molar-refractivity contribution in [1.29, 1.82) is 0 Å². The summed E-state index contributed by atoms with van der Waals surface area (Å²) in [6.45, 7) is 8.13. The van der Waals surface area contributed by atoms with E-state index in [0.717, 1.165) is 27.8 Å². The first-order chi connectivity index (χ1) is 7.49. The fourth-order valence-corrected chi connectivity index (χ4v) is 2.00. The quantitative estimate of drug-likeness (QED) is 0.792. The molecule has 1 aromatic rings. The van der Waals surface area contributed by atoms with Crippen LogP contribution in [0.25, 0.3) is 0 Å². The zero-order valence-electron chi connectivity index (χ0n) is 10.6.